The molecule has 0 bridgehead atoms. The maximum atomic E-state index is 3.58. The lowest BCUT2D eigenvalue weighted by Crippen LogP contribution is -2.53. The van der Waals surface area contributed by atoms with Gasteiger partial charge in [0.1, 0.15) is 0 Å². The third kappa shape index (κ3) is 4.52. The molecule has 2 unspecified atom stereocenters. The Morgan fingerprint density at radius 1 is 1.27 bits per heavy atom. The van der Waals surface area contributed by atoms with Crippen LogP contribution in [0.5, 0.6) is 0 Å². The van der Waals surface area contributed by atoms with Crippen molar-refractivity contribution in [1.82, 2.24) is 10.2 Å². The molecule has 0 aliphatic carbocycles. The summed E-state index contributed by atoms with van der Waals surface area (Å²) in [5, 5.41) is 3.58. The van der Waals surface area contributed by atoms with Crippen LogP contribution in [0.25, 0.3) is 0 Å². The summed E-state index contributed by atoms with van der Waals surface area (Å²) in [4.78, 5) is 2.66. The molecule has 0 aromatic carbocycles. The van der Waals surface area contributed by atoms with Gasteiger partial charge in [-0.15, -0.1) is 0 Å². The Balaban J connectivity index is 2.28. The zero-order valence-electron chi connectivity index (χ0n) is 10.9. The van der Waals surface area contributed by atoms with Crippen molar-refractivity contribution in [3.63, 3.8) is 0 Å². The number of piperazine rings is 1. The van der Waals surface area contributed by atoms with E-state index in [4.69, 9.17) is 0 Å². The second-order valence-electron chi connectivity index (χ2n) is 5.37. The van der Waals surface area contributed by atoms with E-state index < -0.39 is 0 Å². The van der Waals surface area contributed by atoms with Crippen molar-refractivity contribution in [3.05, 3.63) is 0 Å². The van der Waals surface area contributed by atoms with Crippen LogP contribution in [0, 0.1) is 5.92 Å². The summed E-state index contributed by atoms with van der Waals surface area (Å²) in [6, 6.07) is 1.49. The van der Waals surface area contributed by atoms with Gasteiger partial charge in [0.2, 0.25) is 0 Å². The van der Waals surface area contributed by atoms with Crippen molar-refractivity contribution >= 4 is 0 Å². The second kappa shape index (κ2) is 6.49. The SMILES string of the molecule is CCC1CN(C(C)CCC(C)C)CCN1. The van der Waals surface area contributed by atoms with Crippen LogP contribution in [0.1, 0.15) is 47.0 Å². The van der Waals surface area contributed by atoms with Crippen LogP contribution in [0.15, 0.2) is 0 Å². The van der Waals surface area contributed by atoms with E-state index in [2.05, 4.69) is 37.9 Å². The monoisotopic (exact) mass is 212 g/mol. The molecule has 1 saturated heterocycles. The van der Waals surface area contributed by atoms with E-state index in [9.17, 15) is 0 Å². The summed E-state index contributed by atoms with van der Waals surface area (Å²) < 4.78 is 0. The zero-order valence-corrected chi connectivity index (χ0v) is 10.9. The van der Waals surface area contributed by atoms with Gasteiger partial charge in [0.05, 0.1) is 0 Å². The second-order valence-corrected chi connectivity index (χ2v) is 5.37. The summed E-state index contributed by atoms with van der Waals surface area (Å²) in [5.74, 6) is 0.845. The first-order valence-electron chi connectivity index (χ1n) is 6.61. The molecule has 15 heavy (non-hydrogen) atoms. The average molecular weight is 212 g/mol. The van der Waals surface area contributed by atoms with Crippen molar-refractivity contribution < 1.29 is 0 Å². The Morgan fingerprint density at radius 2 is 2.00 bits per heavy atom. The van der Waals surface area contributed by atoms with E-state index in [1.165, 1.54) is 38.9 Å². The highest BCUT2D eigenvalue weighted by molar-refractivity contribution is 4.80. The van der Waals surface area contributed by atoms with E-state index >= 15 is 0 Å². The van der Waals surface area contributed by atoms with E-state index in [-0.39, 0.29) is 0 Å². The molecule has 1 aliphatic rings. The normalized spacial score (nSPS) is 25.8. The van der Waals surface area contributed by atoms with Crippen molar-refractivity contribution in [2.24, 2.45) is 5.92 Å². The van der Waals surface area contributed by atoms with Gasteiger partial charge in [-0.1, -0.05) is 20.8 Å². The Morgan fingerprint density at radius 3 is 2.60 bits per heavy atom. The molecule has 1 N–H and O–H groups in total. The lowest BCUT2D eigenvalue weighted by Gasteiger charge is -2.37. The third-order valence-electron chi connectivity index (χ3n) is 3.56. The highest BCUT2D eigenvalue weighted by atomic mass is 15.2. The smallest absolute Gasteiger partial charge is 0.0193 e. The van der Waals surface area contributed by atoms with Crippen LogP contribution in [0.3, 0.4) is 0 Å². The molecule has 0 spiro atoms. The Hall–Kier alpha value is -0.0800. The fourth-order valence-corrected chi connectivity index (χ4v) is 2.28. The summed E-state index contributed by atoms with van der Waals surface area (Å²) in [6.07, 6.45) is 3.98. The van der Waals surface area contributed by atoms with Gasteiger partial charge in [0, 0.05) is 31.7 Å². The van der Waals surface area contributed by atoms with Gasteiger partial charge in [0.25, 0.3) is 0 Å². The number of nitrogens with one attached hydrogen (secondary N) is 1. The Bertz CT molecular complexity index is 168. The molecule has 1 fully saturated rings. The average Bonchev–Trinajstić information content (AvgIpc) is 2.26. The number of hydrogen-bond acceptors (Lipinski definition) is 2. The highest BCUT2D eigenvalue weighted by Gasteiger charge is 2.21. The van der Waals surface area contributed by atoms with Gasteiger partial charge in [-0.3, -0.25) is 4.90 Å². The highest BCUT2D eigenvalue weighted by Crippen LogP contribution is 2.14. The molecule has 1 rings (SSSR count). The van der Waals surface area contributed by atoms with E-state index in [0.29, 0.717) is 0 Å². The molecular formula is C13H28N2. The molecule has 2 nitrogen and oxygen atoms in total. The first kappa shape index (κ1) is 13.0. The fraction of sp³-hybridized carbons (Fsp3) is 1.00. The zero-order chi connectivity index (χ0) is 11.3. The van der Waals surface area contributed by atoms with Crippen LogP contribution in [-0.4, -0.2) is 36.6 Å². The lowest BCUT2D eigenvalue weighted by molar-refractivity contribution is 0.140. The number of nitrogens with zero attached hydrogens (tertiary/aromatic N) is 1. The topological polar surface area (TPSA) is 15.3 Å². The van der Waals surface area contributed by atoms with E-state index in [1.807, 2.05) is 0 Å². The quantitative estimate of drug-likeness (QED) is 0.753. The first-order chi connectivity index (χ1) is 7.13. The molecular weight excluding hydrogens is 184 g/mol. The Labute approximate surface area is 95.4 Å². The van der Waals surface area contributed by atoms with Crippen LogP contribution < -0.4 is 5.32 Å². The molecule has 0 radical (unpaired) electrons. The maximum Gasteiger partial charge on any atom is 0.0193 e. The van der Waals surface area contributed by atoms with Crippen LogP contribution >= 0.6 is 0 Å². The molecule has 90 valence electrons. The molecule has 2 atom stereocenters. The minimum atomic E-state index is 0.722. The minimum absolute atomic E-state index is 0.722. The summed E-state index contributed by atoms with van der Waals surface area (Å²) in [5.41, 5.74) is 0. The standard InChI is InChI=1S/C13H28N2/c1-5-13-10-15(9-8-14-13)12(4)7-6-11(2)3/h11-14H,5-10H2,1-4H3. The molecule has 0 amide bonds. The van der Waals surface area contributed by atoms with E-state index in [0.717, 1.165) is 18.0 Å². The van der Waals surface area contributed by atoms with Gasteiger partial charge < -0.3 is 5.32 Å². The predicted molar refractivity (Wildman–Crippen MR) is 67.2 cm³/mol. The van der Waals surface area contributed by atoms with Crippen molar-refractivity contribution in [1.29, 1.82) is 0 Å². The largest absolute Gasteiger partial charge is 0.311 e. The minimum Gasteiger partial charge on any atom is -0.311 e. The van der Waals surface area contributed by atoms with Crippen LogP contribution in [0.2, 0.25) is 0 Å². The van der Waals surface area contributed by atoms with E-state index in [1.54, 1.807) is 0 Å². The van der Waals surface area contributed by atoms with Crippen molar-refractivity contribution in [3.8, 4) is 0 Å². The van der Waals surface area contributed by atoms with Gasteiger partial charge >= 0.3 is 0 Å². The summed E-state index contributed by atoms with van der Waals surface area (Å²) in [7, 11) is 0. The predicted octanol–water partition coefficient (Wildman–Crippen LogP) is 2.49. The summed E-state index contributed by atoms with van der Waals surface area (Å²) in [6.45, 7) is 13.0. The lowest BCUT2D eigenvalue weighted by atomic mass is 10.0. The van der Waals surface area contributed by atoms with Crippen molar-refractivity contribution in [2.75, 3.05) is 19.6 Å². The first-order valence-corrected chi connectivity index (χ1v) is 6.61. The molecule has 2 heteroatoms. The van der Waals surface area contributed by atoms with Crippen LogP contribution in [-0.2, 0) is 0 Å². The molecule has 1 aliphatic heterocycles. The molecule has 0 aromatic rings. The van der Waals surface area contributed by atoms with Gasteiger partial charge in [0.15, 0.2) is 0 Å². The van der Waals surface area contributed by atoms with Gasteiger partial charge in [-0.2, -0.15) is 0 Å². The molecule has 0 saturated carbocycles. The van der Waals surface area contributed by atoms with Gasteiger partial charge in [-0.25, -0.2) is 0 Å². The molecule has 1 heterocycles. The van der Waals surface area contributed by atoms with Crippen LogP contribution in [0.4, 0.5) is 0 Å². The number of hydrogen-bond donors (Lipinski definition) is 1. The third-order valence-corrected chi connectivity index (χ3v) is 3.56. The number of rotatable bonds is 5. The summed E-state index contributed by atoms with van der Waals surface area (Å²) >= 11 is 0. The maximum absolute atomic E-state index is 3.58. The fourth-order valence-electron chi connectivity index (χ4n) is 2.28. The van der Waals surface area contributed by atoms with Gasteiger partial charge in [-0.05, 0) is 32.1 Å². The molecule has 0 aromatic heterocycles. The Kier molecular flexibility index (Phi) is 5.62. The van der Waals surface area contributed by atoms with Crippen molar-refractivity contribution in [2.45, 2.75) is 59.0 Å².